The average molecular weight is 402 g/mol. The molecule has 1 aromatic heterocycles. The van der Waals surface area contributed by atoms with Gasteiger partial charge in [-0.3, -0.25) is 4.79 Å². The van der Waals surface area contributed by atoms with Gasteiger partial charge in [0.25, 0.3) is 0 Å². The summed E-state index contributed by atoms with van der Waals surface area (Å²) in [5, 5.41) is 3.08. The lowest BCUT2D eigenvalue weighted by atomic mass is 10.1. The lowest BCUT2D eigenvalue weighted by Gasteiger charge is -2.06. The van der Waals surface area contributed by atoms with E-state index in [4.69, 9.17) is 0 Å². The molecule has 2 aromatic rings. The quantitative estimate of drug-likeness (QED) is 0.396. The van der Waals surface area contributed by atoms with Crippen molar-refractivity contribution in [1.29, 1.82) is 0 Å². The van der Waals surface area contributed by atoms with Gasteiger partial charge in [0.1, 0.15) is 5.82 Å². The fraction of sp³-hybridized carbons (Fsp3) is 0.357. The van der Waals surface area contributed by atoms with Crippen molar-refractivity contribution in [1.82, 2.24) is 10.1 Å². The Labute approximate surface area is 145 Å². The zero-order valence-electron chi connectivity index (χ0n) is 12.6. The number of carbonyl (C=O) groups excluding carboxylic acids is 1. The molecule has 0 saturated heterocycles. The molecule has 0 saturated carbocycles. The lowest BCUT2D eigenvalue weighted by molar-refractivity contribution is -0.159. The summed E-state index contributed by atoms with van der Waals surface area (Å²) in [6.45, 7) is 0. The molecule has 0 unspecified atom stereocenters. The first-order chi connectivity index (χ1) is 12.0. The molecular weight excluding hydrogens is 393 g/mol. The molecule has 0 radical (unpaired) electrons. The predicted molar refractivity (Wildman–Crippen MR) is 77.0 cm³/mol. The van der Waals surface area contributed by atoms with Gasteiger partial charge >= 0.3 is 18.2 Å². The summed E-state index contributed by atoms with van der Waals surface area (Å²) in [5.41, 5.74) is -0.546. The number of rotatable bonds is 6. The van der Waals surface area contributed by atoms with Crippen LogP contribution in [-0.4, -0.2) is 33.6 Å². The molecule has 0 atom stereocenters. The Bertz CT molecular complexity index is 786. The first-order valence-corrected chi connectivity index (χ1v) is 8.01. The Morgan fingerprint density at radius 3 is 2.38 bits per heavy atom. The second-order valence-electron chi connectivity index (χ2n) is 4.96. The molecule has 4 nitrogen and oxygen atoms in total. The highest BCUT2D eigenvalue weighted by Crippen LogP contribution is 2.30. The van der Waals surface area contributed by atoms with Crippen LogP contribution in [0.5, 0.6) is 0 Å². The smallest absolute Gasteiger partial charge is 0.329 e. The van der Waals surface area contributed by atoms with Gasteiger partial charge in [-0.05, 0) is 12.1 Å². The summed E-state index contributed by atoms with van der Waals surface area (Å²) < 4.78 is 91.2. The fourth-order valence-corrected chi connectivity index (χ4v) is 2.63. The molecule has 0 aliphatic carbocycles. The van der Waals surface area contributed by atoms with E-state index in [0.29, 0.717) is 11.8 Å². The van der Waals surface area contributed by atoms with E-state index in [1.165, 1.54) is 0 Å². The van der Waals surface area contributed by atoms with E-state index >= 15 is 0 Å². The Morgan fingerprint density at radius 1 is 1.15 bits per heavy atom. The number of aromatic nitrogens is 2. The van der Waals surface area contributed by atoms with E-state index in [9.17, 15) is 35.5 Å². The highest BCUT2D eigenvalue weighted by molar-refractivity contribution is 7.99. The van der Waals surface area contributed by atoms with Gasteiger partial charge in [0.05, 0.1) is 17.7 Å². The third-order valence-electron chi connectivity index (χ3n) is 2.96. The number of ketones is 1. The van der Waals surface area contributed by atoms with Crippen LogP contribution in [0, 0.1) is 5.82 Å². The number of alkyl halides is 6. The maximum atomic E-state index is 14.0. The van der Waals surface area contributed by atoms with E-state index in [-0.39, 0.29) is 17.1 Å². The monoisotopic (exact) mass is 402 g/mol. The maximum Gasteiger partial charge on any atom is 0.471 e. The maximum absolute atomic E-state index is 14.0. The molecule has 1 aromatic carbocycles. The number of benzene rings is 1. The topological polar surface area (TPSA) is 56.0 Å². The second-order valence-corrected chi connectivity index (χ2v) is 6.06. The van der Waals surface area contributed by atoms with Gasteiger partial charge in [-0.25, -0.2) is 4.39 Å². The zero-order chi connectivity index (χ0) is 19.5. The summed E-state index contributed by atoms with van der Waals surface area (Å²) in [4.78, 5) is 14.9. The van der Waals surface area contributed by atoms with Crippen molar-refractivity contribution in [3.63, 3.8) is 0 Å². The van der Waals surface area contributed by atoms with Gasteiger partial charge in [0.2, 0.25) is 5.82 Å². The van der Waals surface area contributed by atoms with E-state index in [1.54, 1.807) is 0 Å². The minimum Gasteiger partial charge on any atom is -0.329 e. The van der Waals surface area contributed by atoms with Crippen LogP contribution in [-0.2, 0) is 6.18 Å². The van der Waals surface area contributed by atoms with Gasteiger partial charge in [0.15, 0.2) is 5.78 Å². The van der Waals surface area contributed by atoms with Crippen molar-refractivity contribution in [2.24, 2.45) is 0 Å². The average Bonchev–Trinajstić information content (AvgIpc) is 3.00. The summed E-state index contributed by atoms with van der Waals surface area (Å²) in [5.74, 6) is -4.64. The van der Waals surface area contributed by atoms with Crippen molar-refractivity contribution in [2.75, 3.05) is 11.5 Å². The lowest BCUT2D eigenvalue weighted by Crippen LogP contribution is -2.10. The molecular formula is C14H9F7N2O2S. The number of halogens is 7. The van der Waals surface area contributed by atoms with Gasteiger partial charge in [-0.2, -0.15) is 43.1 Å². The highest BCUT2D eigenvalue weighted by atomic mass is 32.2. The third kappa shape index (κ3) is 5.44. The minimum atomic E-state index is -4.85. The number of thioether (sulfide) groups is 1. The van der Waals surface area contributed by atoms with Crippen LogP contribution < -0.4 is 0 Å². The summed E-state index contributed by atoms with van der Waals surface area (Å²) >= 11 is 0.698. The van der Waals surface area contributed by atoms with Crippen molar-refractivity contribution in [3.8, 4) is 11.4 Å². The Balaban J connectivity index is 2.05. The molecule has 0 amide bonds. The van der Waals surface area contributed by atoms with Gasteiger partial charge in [0, 0.05) is 11.3 Å². The van der Waals surface area contributed by atoms with Crippen LogP contribution in [0.4, 0.5) is 30.7 Å². The molecule has 2 rings (SSSR count). The van der Waals surface area contributed by atoms with Crippen molar-refractivity contribution >= 4 is 17.5 Å². The molecule has 0 spiro atoms. The van der Waals surface area contributed by atoms with E-state index < -0.39 is 47.7 Å². The summed E-state index contributed by atoms with van der Waals surface area (Å²) in [6.07, 6.45) is -10.3. The molecule has 0 bridgehead atoms. The van der Waals surface area contributed by atoms with Crippen LogP contribution in [0.15, 0.2) is 22.7 Å². The summed E-state index contributed by atoms with van der Waals surface area (Å²) in [7, 11) is 0. The number of carbonyl (C=O) groups is 1. The van der Waals surface area contributed by atoms with Crippen LogP contribution in [0.1, 0.15) is 22.7 Å². The Kier molecular flexibility index (Phi) is 5.94. The highest BCUT2D eigenvalue weighted by Gasteiger charge is 2.38. The van der Waals surface area contributed by atoms with Crippen LogP contribution in [0.3, 0.4) is 0 Å². The Morgan fingerprint density at radius 2 is 1.85 bits per heavy atom. The van der Waals surface area contributed by atoms with Crippen molar-refractivity contribution in [2.45, 2.75) is 18.8 Å². The normalized spacial score (nSPS) is 12.4. The number of Topliss-reactive ketones (excluding diaryl/α,β-unsaturated/α-hetero) is 1. The van der Waals surface area contributed by atoms with Gasteiger partial charge < -0.3 is 4.52 Å². The molecule has 0 aliphatic rings. The molecule has 142 valence electrons. The molecule has 0 N–H and O–H groups in total. The van der Waals surface area contributed by atoms with Crippen LogP contribution in [0.25, 0.3) is 11.4 Å². The van der Waals surface area contributed by atoms with Gasteiger partial charge in [-0.1, -0.05) is 11.2 Å². The first-order valence-electron chi connectivity index (χ1n) is 6.86. The molecule has 12 heteroatoms. The predicted octanol–water partition coefficient (Wildman–Crippen LogP) is 4.76. The standard InChI is InChI=1S/C14H9F7N2O2S/c15-9-5-7(11-22-12(25-23-11)14(19,20)21)1-2-8(9)10(24)6-26-4-3-13(16,17)18/h1-2,5H,3-4,6H2. The second kappa shape index (κ2) is 7.64. The van der Waals surface area contributed by atoms with Crippen LogP contribution >= 0.6 is 11.8 Å². The van der Waals surface area contributed by atoms with Crippen LogP contribution in [0.2, 0.25) is 0 Å². The molecule has 26 heavy (non-hydrogen) atoms. The largest absolute Gasteiger partial charge is 0.471 e. The van der Waals surface area contributed by atoms with E-state index in [0.717, 1.165) is 18.2 Å². The van der Waals surface area contributed by atoms with Crippen molar-refractivity contribution < 1.29 is 40.1 Å². The van der Waals surface area contributed by atoms with Gasteiger partial charge in [-0.15, -0.1) is 0 Å². The van der Waals surface area contributed by atoms with E-state index in [2.05, 4.69) is 14.7 Å². The number of hydrogen-bond acceptors (Lipinski definition) is 5. The molecule has 1 heterocycles. The SMILES string of the molecule is O=C(CSCCC(F)(F)F)c1ccc(-c2noc(C(F)(F)F)n2)cc1F. The molecule has 0 aliphatic heterocycles. The number of hydrogen-bond donors (Lipinski definition) is 0. The summed E-state index contributed by atoms with van der Waals surface area (Å²) in [6, 6.07) is 2.86. The zero-order valence-corrected chi connectivity index (χ0v) is 13.4. The third-order valence-corrected chi connectivity index (χ3v) is 3.92. The first kappa shape index (κ1) is 20.2. The fourth-order valence-electron chi connectivity index (χ4n) is 1.77. The Hall–Kier alpha value is -2.11. The number of nitrogens with zero attached hydrogens (tertiary/aromatic N) is 2. The van der Waals surface area contributed by atoms with E-state index in [1.807, 2.05) is 0 Å². The molecule has 0 fully saturated rings. The minimum absolute atomic E-state index is 0.150. The van der Waals surface area contributed by atoms with Crippen molar-refractivity contribution in [3.05, 3.63) is 35.5 Å².